The summed E-state index contributed by atoms with van der Waals surface area (Å²) in [6.07, 6.45) is 0. The first kappa shape index (κ1) is 30.5. The van der Waals surface area contributed by atoms with E-state index in [0.29, 0.717) is 0 Å². The molecule has 0 bridgehead atoms. The Labute approximate surface area is 172 Å². The van der Waals surface area contributed by atoms with E-state index in [1.807, 2.05) is 0 Å². The molecule has 0 fully saturated rings. The van der Waals surface area contributed by atoms with Crippen LogP contribution in [0.1, 0.15) is 27.7 Å². The molecular weight excluding hydrogens is 387 g/mol. The van der Waals surface area contributed by atoms with Gasteiger partial charge in [0.25, 0.3) is 0 Å². The molecule has 0 rings (SSSR count). The van der Waals surface area contributed by atoms with E-state index in [1.54, 1.807) is 0 Å². The van der Waals surface area contributed by atoms with Gasteiger partial charge < -0.3 is 19.8 Å². The predicted molar refractivity (Wildman–Crippen MR) is 119 cm³/mol. The van der Waals surface area contributed by atoms with E-state index in [2.05, 4.69) is 105 Å². The van der Waals surface area contributed by atoms with Crippen molar-refractivity contribution in [2.24, 2.45) is 0 Å². The van der Waals surface area contributed by atoms with Crippen molar-refractivity contribution in [1.82, 2.24) is 9.80 Å². The molecule has 0 spiro atoms. The zero-order valence-corrected chi connectivity index (χ0v) is 22.6. The van der Waals surface area contributed by atoms with Crippen molar-refractivity contribution in [3.05, 3.63) is 9.96 Å². The second-order valence-electron chi connectivity index (χ2n) is 10.7. The predicted octanol–water partition coefficient (Wildman–Crippen LogP) is 5.07. The first-order chi connectivity index (χ1) is 10.2. The Morgan fingerprint density at radius 3 is 0.920 bits per heavy atom. The van der Waals surface area contributed by atoms with Gasteiger partial charge >= 0.3 is 16.8 Å². The Bertz CT molecular complexity index is 312. The van der Waals surface area contributed by atoms with Gasteiger partial charge in [0.1, 0.15) is 0 Å². The van der Waals surface area contributed by atoms with Crippen LogP contribution < -0.4 is 0 Å². The number of hydrogen-bond acceptors (Lipinski definition) is 2. The van der Waals surface area contributed by atoms with Crippen LogP contribution in [-0.2, 0) is 16.8 Å². The normalized spacial score (nSPS) is 13.4. The van der Waals surface area contributed by atoms with Gasteiger partial charge in [-0.05, 0) is 41.3 Å². The first-order valence-electron chi connectivity index (χ1n) is 9.02. The number of hydrogen-bond donors (Lipinski definition) is 0. The third kappa shape index (κ3) is 24.8. The minimum absolute atomic E-state index is 0. The van der Waals surface area contributed by atoms with Crippen LogP contribution in [0.25, 0.3) is 9.96 Å². The summed E-state index contributed by atoms with van der Waals surface area (Å²) in [6.45, 7) is 24.6. The molecule has 0 saturated heterocycles. The SMILES string of the molecule is CN(C)CC(C)(C)[N-][Si](C)(C)C.CN(C)CC(C)(C)[N-][Si](C)(C)C.[Co+2]. The van der Waals surface area contributed by atoms with Crippen molar-refractivity contribution in [2.45, 2.75) is 78.1 Å². The molecule has 4 nitrogen and oxygen atoms in total. The molecule has 0 aliphatic heterocycles. The van der Waals surface area contributed by atoms with Crippen LogP contribution in [0, 0.1) is 0 Å². The third-order valence-electron chi connectivity index (χ3n) is 2.68. The Morgan fingerprint density at radius 2 is 0.800 bits per heavy atom. The maximum atomic E-state index is 4.88. The Kier molecular flexibility index (Phi) is 14.1. The molecule has 0 aromatic rings. The Balaban J connectivity index is -0.000000372. The van der Waals surface area contributed by atoms with Gasteiger partial charge in [-0.3, -0.25) is 0 Å². The molecule has 0 amide bonds. The smallest absolute Gasteiger partial charge is 0.659 e. The summed E-state index contributed by atoms with van der Waals surface area (Å²) >= 11 is 0. The molecule has 0 aliphatic carbocycles. The zero-order valence-electron chi connectivity index (χ0n) is 19.5. The average molecular weight is 434 g/mol. The fourth-order valence-electron chi connectivity index (χ4n) is 3.43. The monoisotopic (exact) mass is 433 g/mol. The molecule has 0 N–H and O–H groups in total. The number of nitrogens with zero attached hydrogens (tertiary/aromatic N) is 4. The molecule has 0 atom stereocenters. The molecule has 0 saturated carbocycles. The fourth-order valence-corrected chi connectivity index (χ4v) is 7.21. The van der Waals surface area contributed by atoms with Gasteiger partial charge in [-0.2, -0.15) is 0 Å². The van der Waals surface area contributed by atoms with E-state index in [9.17, 15) is 0 Å². The van der Waals surface area contributed by atoms with Gasteiger partial charge in [0.2, 0.25) is 0 Å². The summed E-state index contributed by atoms with van der Waals surface area (Å²) in [6, 6.07) is 0. The van der Waals surface area contributed by atoms with E-state index in [1.165, 1.54) is 0 Å². The topological polar surface area (TPSA) is 34.7 Å². The van der Waals surface area contributed by atoms with Crippen LogP contribution in [0.3, 0.4) is 0 Å². The van der Waals surface area contributed by atoms with E-state index < -0.39 is 16.5 Å². The van der Waals surface area contributed by atoms with E-state index in [-0.39, 0.29) is 27.9 Å². The van der Waals surface area contributed by atoms with Crippen LogP contribution in [0.15, 0.2) is 0 Å². The third-order valence-corrected chi connectivity index (χ3v) is 5.23. The van der Waals surface area contributed by atoms with Crippen LogP contribution in [0.2, 0.25) is 39.3 Å². The van der Waals surface area contributed by atoms with E-state index in [0.717, 1.165) is 13.1 Å². The molecule has 0 aromatic carbocycles. The van der Waals surface area contributed by atoms with Crippen LogP contribution in [0.5, 0.6) is 0 Å². The number of likely N-dealkylation sites (N-methyl/N-ethyl adjacent to an activating group) is 2. The van der Waals surface area contributed by atoms with Crippen LogP contribution in [0.4, 0.5) is 0 Å². The van der Waals surface area contributed by atoms with Crippen molar-refractivity contribution in [1.29, 1.82) is 0 Å². The van der Waals surface area contributed by atoms with Crippen molar-refractivity contribution in [3.63, 3.8) is 0 Å². The summed E-state index contributed by atoms with van der Waals surface area (Å²) in [4.78, 5) is 14.2. The minimum atomic E-state index is -1.26. The van der Waals surface area contributed by atoms with Crippen molar-refractivity contribution < 1.29 is 16.8 Å². The molecule has 7 heteroatoms. The summed E-state index contributed by atoms with van der Waals surface area (Å²) in [7, 11) is 5.87. The van der Waals surface area contributed by atoms with Crippen molar-refractivity contribution in [2.75, 3.05) is 41.3 Å². The van der Waals surface area contributed by atoms with Crippen LogP contribution >= 0.6 is 0 Å². The summed E-state index contributed by atoms with van der Waals surface area (Å²) in [5, 5.41) is 0. The summed E-state index contributed by atoms with van der Waals surface area (Å²) in [5.41, 5.74) is 0.238. The number of rotatable bonds is 8. The summed E-state index contributed by atoms with van der Waals surface area (Å²) < 4.78 is 0. The molecule has 0 aliphatic rings. The first-order valence-corrected chi connectivity index (χ1v) is 15.9. The molecule has 25 heavy (non-hydrogen) atoms. The average Bonchev–Trinajstić information content (AvgIpc) is 2.02. The molecule has 0 unspecified atom stereocenters. The Morgan fingerprint density at radius 1 is 0.600 bits per heavy atom. The second kappa shape index (κ2) is 11.6. The van der Waals surface area contributed by atoms with Gasteiger partial charge in [0.15, 0.2) is 0 Å². The van der Waals surface area contributed by atoms with Gasteiger partial charge in [-0.15, -0.1) is 11.1 Å². The maximum absolute atomic E-state index is 4.88. The largest absolute Gasteiger partial charge is 2.00 e. The fraction of sp³-hybridized carbons (Fsp3) is 1.00. The maximum Gasteiger partial charge on any atom is 2.00 e. The summed E-state index contributed by atoms with van der Waals surface area (Å²) in [5.74, 6) is 0. The second-order valence-corrected chi connectivity index (χ2v) is 19.8. The van der Waals surface area contributed by atoms with Gasteiger partial charge in [0.05, 0.1) is 0 Å². The molecule has 0 aromatic heterocycles. The molecule has 0 heterocycles. The van der Waals surface area contributed by atoms with Crippen LogP contribution in [-0.4, -0.2) is 78.6 Å². The molecule has 155 valence electrons. The standard InChI is InChI=1S/2C9H23N2Si.Co/c2*1-9(2,8-11(3)4)10-12(5,6)7;/h2*8H2,1-7H3;/q2*-1;+2. The Hall–Kier alpha value is 0.780. The van der Waals surface area contributed by atoms with Gasteiger partial charge in [-0.25, -0.2) is 0 Å². The zero-order chi connectivity index (χ0) is 20.0. The quantitative estimate of drug-likeness (QED) is 0.501. The minimum Gasteiger partial charge on any atom is -0.659 e. The van der Waals surface area contributed by atoms with E-state index in [4.69, 9.17) is 9.96 Å². The van der Waals surface area contributed by atoms with Crippen molar-refractivity contribution in [3.8, 4) is 0 Å². The van der Waals surface area contributed by atoms with Gasteiger partial charge in [0, 0.05) is 0 Å². The van der Waals surface area contributed by atoms with Crippen molar-refractivity contribution >= 4 is 16.5 Å². The molecular formula is C18H46CoN4Si2. The van der Waals surface area contributed by atoms with Gasteiger partial charge in [-0.1, -0.05) is 83.4 Å². The molecule has 1 radical (unpaired) electrons. The van der Waals surface area contributed by atoms with E-state index >= 15 is 0 Å².